The van der Waals surface area contributed by atoms with Gasteiger partial charge in [-0.3, -0.25) is 4.79 Å². The number of aryl methyl sites for hydroxylation is 2. The molecule has 0 aliphatic carbocycles. The van der Waals surface area contributed by atoms with Gasteiger partial charge in [-0.25, -0.2) is 19.0 Å². The van der Waals surface area contributed by atoms with E-state index in [-0.39, 0.29) is 28.5 Å². The highest BCUT2D eigenvalue weighted by Gasteiger charge is 2.47. The van der Waals surface area contributed by atoms with Gasteiger partial charge in [-0.15, -0.1) is 0 Å². The van der Waals surface area contributed by atoms with Crippen molar-refractivity contribution in [3.8, 4) is 0 Å². The molecule has 5 rings (SSSR count). The molecular weight excluding hydrogens is 335 g/mol. The largest absolute Gasteiger partial charge is 0.365 e. The molecule has 2 bridgehead atoms. The van der Waals surface area contributed by atoms with E-state index in [1.165, 1.54) is 11.0 Å². The van der Waals surface area contributed by atoms with Gasteiger partial charge in [0.25, 0.3) is 5.56 Å². The van der Waals surface area contributed by atoms with E-state index in [0.717, 1.165) is 6.42 Å². The fraction of sp³-hybridized carbons (Fsp3) is 0.467. The first-order valence-corrected chi connectivity index (χ1v) is 8.07. The van der Waals surface area contributed by atoms with Crippen LogP contribution in [0.1, 0.15) is 12.1 Å². The molecular formula is C15H16ClFN6O. The maximum absolute atomic E-state index is 14.3. The van der Waals surface area contributed by atoms with Crippen LogP contribution in [0.5, 0.6) is 0 Å². The Bertz CT molecular complexity index is 860. The Balaban J connectivity index is 1.60. The van der Waals surface area contributed by atoms with Crippen molar-refractivity contribution in [2.24, 2.45) is 7.05 Å². The van der Waals surface area contributed by atoms with E-state index in [1.807, 2.05) is 9.80 Å². The second kappa shape index (κ2) is 5.41. The molecule has 9 heteroatoms. The maximum atomic E-state index is 14.3. The van der Waals surface area contributed by atoms with Gasteiger partial charge in [0.2, 0.25) is 0 Å². The minimum absolute atomic E-state index is 0.132. The Morgan fingerprint density at radius 2 is 2.00 bits per heavy atom. The van der Waals surface area contributed by atoms with Crippen molar-refractivity contribution >= 4 is 23.1 Å². The molecule has 0 spiro atoms. The predicted molar refractivity (Wildman–Crippen MR) is 88.1 cm³/mol. The maximum Gasteiger partial charge on any atom is 0.287 e. The summed E-state index contributed by atoms with van der Waals surface area (Å²) >= 11 is 6.18. The minimum atomic E-state index is -0.367. The van der Waals surface area contributed by atoms with Gasteiger partial charge in [0, 0.05) is 20.1 Å². The zero-order valence-corrected chi connectivity index (χ0v) is 14.0. The van der Waals surface area contributed by atoms with Crippen LogP contribution in [0, 0.1) is 12.7 Å². The quantitative estimate of drug-likeness (QED) is 0.809. The average molecular weight is 351 g/mol. The van der Waals surface area contributed by atoms with Gasteiger partial charge in [-0.1, -0.05) is 11.6 Å². The monoisotopic (exact) mass is 350 g/mol. The zero-order valence-electron chi connectivity index (χ0n) is 13.3. The van der Waals surface area contributed by atoms with Crippen molar-refractivity contribution in [3.63, 3.8) is 0 Å². The molecule has 3 fully saturated rings. The number of halogens is 2. The van der Waals surface area contributed by atoms with Gasteiger partial charge >= 0.3 is 0 Å². The van der Waals surface area contributed by atoms with Crippen LogP contribution >= 0.6 is 11.6 Å². The lowest BCUT2D eigenvalue weighted by atomic mass is 9.87. The third-order valence-corrected chi connectivity index (χ3v) is 5.14. The smallest absolute Gasteiger partial charge is 0.287 e. The lowest BCUT2D eigenvalue weighted by molar-refractivity contribution is 0.284. The van der Waals surface area contributed by atoms with E-state index < -0.39 is 0 Å². The van der Waals surface area contributed by atoms with E-state index in [1.54, 1.807) is 20.2 Å². The highest BCUT2D eigenvalue weighted by atomic mass is 35.5. The summed E-state index contributed by atoms with van der Waals surface area (Å²) in [6, 6.07) is 0.264. The number of hydrogen-bond donors (Lipinski definition) is 0. The second-order valence-electron chi connectivity index (χ2n) is 6.22. The minimum Gasteiger partial charge on any atom is -0.365 e. The molecule has 0 aromatic carbocycles. The third kappa shape index (κ3) is 2.16. The van der Waals surface area contributed by atoms with Crippen LogP contribution in [0.25, 0.3) is 0 Å². The summed E-state index contributed by atoms with van der Waals surface area (Å²) in [6.07, 6.45) is 3.96. The van der Waals surface area contributed by atoms with Crippen molar-refractivity contribution in [1.29, 1.82) is 0 Å². The predicted octanol–water partition coefficient (Wildman–Crippen LogP) is 1.14. The summed E-state index contributed by atoms with van der Waals surface area (Å²) in [6.45, 7) is 2.93. The summed E-state index contributed by atoms with van der Waals surface area (Å²) < 4.78 is 15.5. The van der Waals surface area contributed by atoms with Crippen molar-refractivity contribution in [3.05, 3.63) is 39.4 Å². The van der Waals surface area contributed by atoms with E-state index >= 15 is 0 Å². The summed E-state index contributed by atoms with van der Waals surface area (Å²) in [7, 11) is 1.56. The molecule has 0 amide bonds. The molecule has 0 N–H and O–H groups in total. The van der Waals surface area contributed by atoms with Crippen molar-refractivity contribution < 1.29 is 4.39 Å². The van der Waals surface area contributed by atoms with E-state index in [0.29, 0.717) is 30.3 Å². The third-order valence-electron chi connectivity index (χ3n) is 4.78. The van der Waals surface area contributed by atoms with Crippen molar-refractivity contribution in [1.82, 2.24) is 19.7 Å². The van der Waals surface area contributed by atoms with Crippen molar-refractivity contribution in [2.45, 2.75) is 25.4 Å². The van der Waals surface area contributed by atoms with Crippen LogP contribution in [0.4, 0.5) is 15.9 Å². The molecule has 2 aromatic rings. The lowest BCUT2D eigenvalue weighted by Crippen LogP contribution is -2.69. The van der Waals surface area contributed by atoms with E-state index in [9.17, 15) is 9.18 Å². The number of aromatic nitrogens is 4. The number of piperazine rings is 1. The SMILES string of the molecule is Cc1ncnc(N2C3CC2CN(c2cnn(C)c(=O)c2Cl)C3)c1F. The molecule has 3 aliphatic rings. The molecule has 2 atom stereocenters. The Hall–Kier alpha value is -2.22. The Morgan fingerprint density at radius 3 is 2.71 bits per heavy atom. The molecule has 7 nitrogen and oxygen atoms in total. The van der Waals surface area contributed by atoms with Crippen LogP contribution in [0.2, 0.25) is 5.02 Å². The van der Waals surface area contributed by atoms with Gasteiger partial charge in [-0.2, -0.15) is 5.10 Å². The lowest BCUT2D eigenvalue weighted by Gasteiger charge is -2.57. The highest BCUT2D eigenvalue weighted by molar-refractivity contribution is 6.33. The Morgan fingerprint density at radius 1 is 1.29 bits per heavy atom. The number of nitrogens with zero attached hydrogens (tertiary/aromatic N) is 6. The summed E-state index contributed by atoms with van der Waals surface area (Å²) in [4.78, 5) is 24.0. The van der Waals surface area contributed by atoms with Gasteiger partial charge in [-0.05, 0) is 13.3 Å². The molecule has 3 aliphatic heterocycles. The van der Waals surface area contributed by atoms with Gasteiger partial charge in [0.1, 0.15) is 11.3 Å². The second-order valence-corrected chi connectivity index (χ2v) is 6.60. The van der Waals surface area contributed by atoms with Gasteiger partial charge < -0.3 is 9.80 Å². The molecule has 24 heavy (non-hydrogen) atoms. The molecule has 0 saturated carbocycles. The molecule has 5 heterocycles. The van der Waals surface area contributed by atoms with E-state index in [2.05, 4.69) is 15.1 Å². The van der Waals surface area contributed by atoms with Gasteiger partial charge in [0.05, 0.1) is 29.7 Å². The number of anilines is 2. The summed E-state index contributed by atoms with van der Waals surface area (Å²) in [5, 5.41) is 4.21. The first kappa shape index (κ1) is 15.3. The molecule has 126 valence electrons. The van der Waals surface area contributed by atoms with Crippen LogP contribution < -0.4 is 15.4 Å². The first-order valence-electron chi connectivity index (χ1n) is 7.69. The average Bonchev–Trinajstić information content (AvgIpc) is 2.57. The van der Waals surface area contributed by atoms with Crippen LogP contribution in [-0.4, -0.2) is 44.9 Å². The molecule has 2 aromatic heterocycles. The Kier molecular flexibility index (Phi) is 3.45. The molecule has 0 radical (unpaired) electrons. The van der Waals surface area contributed by atoms with Crippen molar-refractivity contribution in [2.75, 3.05) is 22.9 Å². The summed E-state index contributed by atoms with van der Waals surface area (Å²) in [5.74, 6) is -0.00877. The van der Waals surface area contributed by atoms with Gasteiger partial charge in [0.15, 0.2) is 11.6 Å². The Labute approximate surface area is 142 Å². The number of piperidine rings is 1. The zero-order chi connectivity index (χ0) is 17.0. The number of rotatable bonds is 2. The fourth-order valence-electron chi connectivity index (χ4n) is 3.50. The fourth-order valence-corrected chi connectivity index (χ4v) is 3.79. The first-order chi connectivity index (χ1) is 11.5. The number of fused-ring (bicyclic) bond motifs is 2. The highest BCUT2D eigenvalue weighted by Crippen LogP contribution is 2.39. The standard InChI is InChI=1S/C15H16ClFN6O/c1-8-13(17)14(19-7-18-8)23-9-3-10(23)6-22(5-9)11-4-20-21(2)15(24)12(11)16/h4,7,9-10H,3,5-6H2,1-2H3. The van der Waals surface area contributed by atoms with Crippen LogP contribution in [0.3, 0.4) is 0 Å². The molecule has 3 saturated heterocycles. The molecule has 2 unspecified atom stereocenters. The topological polar surface area (TPSA) is 67.2 Å². The number of hydrogen-bond acceptors (Lipinski definition) is 6. The summed E-state index contributed by atoms with van der Waals surface area (Å²) in [5.41, 5.74) is 0.664. The van der Waals surface area contributed by atoms with E-state index in [4.69, 9.17) is 11.6 Å². The van der Waals surface area contributed by atoms with Crippen LogP contribution in [-0.2, 0) is 7.05 Å². The van der Waals surface area contributed by atoms with Crippen LogP contribution in [0.15, 0.2) is 17.3 Å². The normalized spacial score (nSPS) is 22.5.